The normalized spacial score (nSPS) is 10.5. The van der Waals surface area contributed by atoms with E-state index in [1.54, 1.807) is 17.8 Å². The first kappa shape index (κ1) is 17.5. The Kier molecular flexibility index (Phi) is 5.52. The number of pyridine rings is 1. The van der Waals surface area contributed by atoms with Crippen LogP contribution in [0.2, 0.25) is 0 Å². The van der Waals surface area contributed by atoms with Crippen LogP contribution < -0.4 is 10.1 Å². The largest absolute Gasteiger partial charge is 0.438 e. The number of ether oxygens (including phenoxy) is 1. The van der Waals surface area contributed by atoms with Crippen molar-refractivity contribution in [3.8, 4) is 11.6 Å². The van der Waals surface area contributed by atoms with Crippen molar-refractivity contribution in [2.24, 2.45) is 0 Å². The molecule has 0 saturated carbocycles. The molecule has 1 N–H and O–H groups in total. The van der Waals surface area contributed by atoms with Crippen molar-refractivity contribution in [2.45, 2.75) is 33.4 Å². The fourth-order valence-electron chi connectivity index (χ4n) is 2.37. The fourth-order valence-corrected chi connectivity index (χ4v) is 2.37. The molecule has 1 amide bonds. The predicted molar refractivity (Wildman–Crippen MR) is 94.5 cm³/mol. The maximum Gasteiger partial charge on any atom is 0.224 e. The molecule has 26 heavy (non-hydrogen) atoms. The van der Waals surface area contributed by atoms with Gasteiger partial charge >= 0.3 is 0 Å². The predicted octanol–water partition coefficient (Wildman–Crippen LogP) is 2.18. The van der Waals surface area contributed by atoms with Gasteiger partial charge in [-0.1, -0.05) is 24.3 Å². The first-order chi connectivity index (χ1) is 12.6. The quantitative estimate of drug-likeness (QED) is 0.700. The van der Waals surface area contributed by atoms with Crippen molar-refractivity contribution >= 4 is 5.91 Å². The van der Waals surface area contributed by atoms with Gasteiger partial charge in [-0.2, -0.15) is 0 Å². The van der Waals surface area contributed by atoms with Gasteiger partial charge in [-0.05, 0) is 42.0 Å². The Morgan fingerprint density at radius 2 is 2.04 bits per heavy atom. The number of benzene rings is 1. The van der Waals surface area contributed by atoms with Gasteiger partial charge in [-0.15, -0.1) is 5.10 Å². The topological polar surface area (TPSA) is 94.8 Å². The Hall–Kier alpha value is -3.29. The molecule has 0 aliphatic carbocycles. The molecule has 0 radical (unpaired) electrons. The number of aryl methyl sites for hydroxylation is 3. The maximum atomic E-state index is 12.1. The van der Waals surface area contributed by atoms with Gasteiger partial charge in [0.05, 0.1) is 6.54 Å². The summed E-state index contributed by atoms with van der Waals surface area (Å²) in [7, 11) is 0. The van der Waals surface area contributed by atoms with Gasteiger partial charge in [-0.3, -0.25) is 4.79 Å². The average molecular weight is 352 g/mol. The van der Waals surface area contributed by atoms with E-state index in [9.17, 15) is 4.79 Å². The Morgan fingerprint density at radius 1 is 1.19 bits per heavy atom. The summed E-state index contributed by atoms with van der Waals surface area (Å²) in [6.45, 7) is 4.54. The minimum Gasteiger partial charge on any atom is -0.438 e. The molecule has 3 aromatic rings. The zero-order chi connectivity index (χ0) is 18.4. The number of amides is 1. The molecule has 0 aliphatic heterocycles. The molecule has 0 bridgehead atoms. The molecule has 134 valence electrons. The lowest BCUT2D eigenvalue weighted by Crippen LogP contribution is -2.24. The van der Waals surface area contributed by atoms with Gasteiger partial charge in [-0.25, -0.2) is 9.67 Å². The Morgan fingerprint density at radius 3 is 2.81 bits per heavy atom. The lowest BCUT2D eigenvalue weighted by Gasteiger charge is -2.12. The van der Waals surface area contributed by atoms with E-state index in [-0.39, 0.29) is 5.91 Å². The highest BCUT2D eigenvalue weighted by atomic mass is 16.5. The van der Waals surface area contributed by atoms with Crippen molar-refractivity contribution in [1.29, 1.82) is 0 Å². The summed E-state index contributed by atoms with van der Waals surface area (Å²) in [5, 5.41) is 14.1. The molecule has 0 saturated heterocycles. The number of aromatic nitrogens is 5. The molecular weight excluding hydrogens is 332 g/mol. The van der Waals surface area contributed by atoms with Crippen LogP contribution in [0.15, 0.2) is 42.6 Å². The maximum absolute atomic E-state index is 12.1. The monoisotopic (exact) mass is 352 g/mol. The smallest absolute Gasteiger partial charge is 0.224 e. The second-order valence-corrected chi connectivity index (χ2v) is 5.81. The van der Waals surface area contributed by atoms with Crippen LogP contribution >= 0.6 is 0 Å². The molecule has 8 nitrogen and oxygen atoms in total. The van der Waals surface area contributed by atoms with Gasteiger partial charge in [0.1, 0.15) is 11.6 Å². The van der Waals surface area contributed by atoms with Gasteiger partial charge in [0.2, 0.25) is 11.8 Å². The SMILES string of the molecule is Cc1ccccc1Oc1ncccc1CNC(=O)CCn1nnnc1C. The van der Waals surface area contributed by atoms with Crippen LogP contribution in [0.1, 0.15) is 23.4 Å². The molecule has 0 atom stereocenters. The van der Waals surface area contributed by atoms with E-state index in [0.29, 0.717) is 31.2 Å². The number of hydrogen-bond donors (Lipinski definition) is 1. The number of nitrogens with one attached hydrogen (secondary N) is 1. The van der Waals surface area contributed by atoms with Gasteiger partial charge < -0.3 is 10.1 Å². The molecule has 0 spiro atoms. The van der Waals surface area contributed by atoms with E-state index < -0.39 is 0 Å². The van der Waals surface area contributed by atoms with Crippen LogP contribution in [0.25, 0.3) is 0 Å². The molecule has 0 fully saturated rings. The zero-order valence-electron chi connectivity index (χ0n) is 14.7. The highest BCUT2D eigenvalue weighted by molar-refractivity contribution is 5.75. The van der Waals surface area contributed by atoms with Crippen molar-refractivity contribution in [3.05, 3.63) is 59.5 Å². The van der Waals surface area contributed by atoms with Crippen LogP contribution in [0.5, 0.6) is 11.6 Å². The number of nitrogens with zero attached hydrogens (tertiary/aromatic N) is 5. The van der Waals surface area contributed by atoms with E-state index in [2.05, 4.69) is 25.8 Å². The van der Waals surface area contributed by atoms with Crippen molar-refractivity contribution in [2.75, 3.05) is 0 Å². The van der Waals surface area contributed by atoms with E-state index in [4.69, 9.17) is 4.74 Å². The summed E-state index contributed by atoms with van der Waals surface area (Å²) in [5.74, 6) is 1.82. The van der Waals surface area contributed by atoms with Crippen LogP contribution in [-0.4, -0.2) is 31.1 Å². The molecule has 3 rings (SSSR count). The van der Waals surface area contributed by atoms with Crippen LogP contribution in [0.4, 0.5) is 0 Å². The van der Waals surface area contributed by atoms with E-state index in [1.807, 2.05) is 43.3 Å². The van der Waals surface area contributed by atoms with Crippen LogP contribution in [0.3, 0.4) is 0 Å². The first-order valence-electron chi connectivity index (χ1n) is 8.30. The second-order valence-electron chi connectivity index (χ2n) is 5.81. The Bertz CT molecular complexity index is 893. The second kappa shape index (κ2) is 8.19. The molecule has 1 aromatic carbocycles. The molecular formula is C18H20N6O2. The third-order valence-corrected chi connectivity index (χ3v) is 3.89. The van der Waals surface area contributed by atoms with Crippen LogP contribution in [0, 0.1) is 13.8 Å². The Labute approximate surface area is 151 Å². The summed E-state index contributed by atoms with van der Waals surface area (Å²) in [6.07, 6.45) is 1.96. The number of rotatable bonds is 7. The summed E-state index contributed by atoms with van der Waals surface area (Å²) in [6, 6.07) is 11.4. The van der Waals surface area contributed by atoms with E-state index in [0.717, 1.165) is 16.9 Å². The summed E-state index contributed by atoms with van der Waals surface area (Å²) in [4.78, 5) is 16.4. The summed E-state index contributed by atoms with van der Waals surface area (Å²) >= 11 is 0. The molecule has 0 unspecified atom stereocenters. The number of carbonyl (C=O) groups is 1. The molecule has 8 heteroatoms. The van der Waals surface area contributed by atoms with Crippen molar-refractivity contribution in [1.82, 2.24) is 30.5 Å². The average Bonchev–Trinajstić information content (AvgIpc) is 3.06. The van der Waals surface area contributed by atoms with Gasteiger partial charge in [0.15, 0.2) is 0 Å². The minimum absolute atomic E-state index is 0.0920. The fraction of sp³-hybridized carbons (Fsp3) is 0.278. The van der Waals surface area contributed by atoms with Crippen molar-refractivity contribution < 1.29 is 9.53 Å². The third-order valence-electron chi connectivity index (χ3n) is 3.89. The lowest BCUT2D eigenvalue weighted by atomic mass is 10.2. The molecule has 2 heterocycles. The minimum atomic E-state index is -0.0920. The zero-order valence-corrected chi connectivity index (χ0v) is 14.7. The highest BCUT2D eigenvalue weighted by Crippen LogP contribution is 2.25. The Balaban J connectivity index is 1.59. The van der Waals surface area contributed by atoms with E-state index in [1.165, 1.54) is 0 Å². The standard InChI is InChI=1S/C18H20N6O2/c1-13-6-3-4-8-16(13)26-18-15(7-5-10-19-18)12-20-17(25)9-11-24-14(2)21-22-23-24/h3-8,10H,9,11-12H2,1-2H3,(H,20,25). The summed E-state index contributed by atoms with van der Waals surface area (Å²) in [5.41, 5.74) is 1.83. The first-order valence-corrected chi connectivity index (χ1v) is 8.30. The molecule has 0 aliphatic rings. The van der Waals surface area contributed by atoms with Gasteiger partial charge in [0, 0.05) is 24.7 Å². The number of tetrazole rings is 1. The van der Waals surface area contributed by atoms with Gasteiger partial charge in [0.25, 0.3) is 0 Å². The third kappa shape index (κ3) is 4.41. The van der Waals surface area contributed by atoms with Crippen molar-refractivity contribution in [3.63, 3.8) is 0 Å². The number of para-hydroxylation sites is 1. The number of hydrogen-bond acceptors (Lipinski definition) is 6. The summed E-state index contributed by atoms with van der Waals surface area (Å²) < 4.78 is 7.51. The lowest BCUT2D eigenvalue weighted by molar-refractivity contribution is -0.121. The highest BCUT2D eigenvalue weighted by Gasteiger charge is 2.10. The van der Waals surface area contributed by atoms with Crippen LogP contribution in [-0.2, 0) is 17.9 Å². The molecule has 2 aromatic heterocycles. The number of carbonyl (C=O) groups excluding carboxylic acids is 1. The van der Waals surface area contributed by atoms with E-state index >= 15 is 0 Å².